The van der Waals surface area contributed by atoms with Crippen molar-refractivity contribution in [1.82, 2.24) is 25.4 Å². The molecule has 0 spiro atoms. The molecule has 0 radical (unpaired) electrons. The van der Waals surface area contributed by atoms with Gasteiger partial charge in [-0.3, -0.25) is 0 Å². The first-order valence-corrected chi connectivity index (χ1v) is 10.0. The Morgan fingerprint density at radius 3 is 2.84 bits per heavy atom. The van der Waals surface area contributed by atoms with E-state index in [4.69, 9.17) is 4.99 Å². The van der Waals surface area contributed by atoms with Crippen molar-refractivity contribution in [3.8, 4) is 0 Å². The first-order valence-electron chi connectivity index (χ1n) is 9.14. The largest absolute Gasteiger partial charge is 0.356 e. The second kappa shape index (κ2) is 8.99. The molecule has 25 heavy (non-hydrogen) atoms. The summed E-state index contributed by atoms with van der Waals surface area (Å²) in [6.07, 6.45) is 7.45. The lowest BCUT2D eigenvalue weighted by Crippen LogP contribution is -2.44. The van der Waals surface area contributed by atoms with Gasteiger partial charge in [0.1, 0.15) is 12.4 Å². The normalized spacial score (nSPS) is 16.2. The van der Waals surface area contributed by atoms with Crippen LogP contribution in [0.1, 0.15) is 48.6 Å². The molecule has 7 heteroatoms. The molecule has 2 aromatic heterocycles. The molecular formula is C18H28N6S. The molecule has 6 nitrogen and oxygen atoms in total. The lowest BCUT2D eigenvalue weighted by Gasteiger charge is -2.25. The lowest BCUT2D eigenvalue weighted by atomic mass is 9.96. The summed E-state index contributed by atoms with van der Waals surface area (Å²) in [6.45, 7) is 3.38. The molecule has 0 aliphatic heterocycles. The highest BCUT2D eigenvalue weighted by molar-refractivity contribution is 7.09. The number of hydrogen-bond donors (Lipinski definition) is 2. The minimum absolute atomic E-state index is 0.531. The predicted octanol–water partition coefficient (Wildman–Crippen LogP) is 2.80. The van der Waals surface area contributed by atoms with Gasteiger partial charge < -0.3 is 15.2 Å². The smallest absolute Gasteiger partial charge is 0.191 e. The zero-order chi connectivity index (χ0) is 17.5. The molecule has 2 N–H and O–H groups in total. The van der Waals surface area contributed by atoms with Gasteiger partial charge in [0.15, 0.2) is 11.8 Å². The molecule has 1 aliphatic carbocycles. The van der Waals surface area contributed by atoms with Crippen molar-refractivity contribution >= 4 is 17.3 Å². The van der Waals surface area contributed by atoms with E-state index in [0.29, 0.717) is 12.6 Å². The van der Waals surface area contributed by atoms with Crippen LogP contribution in [0, 0.1) is 6.92 Å². The van der Waals surface area contributed by atoms with Crippen LogP contribution >= 0.6 is 11.3 Å². The summed E-state index contributed by atoms with van der Waals surface area (Å²) >= 11 is 1.80. The van der Waals surface area contributed by atoms with Crippen molar-refractivity contribution in [2.45, 2.75) is 58.0 Å². The fourth-order valence-electron chi connectivity index (χ4n) is 3.09. The third kappa shape index (κ3) is 5.29. The third-order valence-electron chi connectivity index (χ3n) is 4.75. The van der Waals surface area contributed by atoms with Crippen LogP contribution < -0.4 is 10.6 Å². The van der Waals surface area contributed by atoms with Crippen molar-refractivity contribution in [2.24, 2.45) is 12.0 Å². The third-order valence-corrected chi connectivity index (χ3v) is 5.69. The number of thiophene rings is 1. The summed E-state index contributed by atoms with van der Waals surface area (Å²) < 4.78 is 1.99. The van der Waals surface area contributed by atoms with Gasteiger partial charge in [-0.05, 0) is 37.6 Å². The Labute approximate surface area is 153 Å². The van der Waals surface area contributed by atoms with Crippen LogP contribution in [-0.4, -0.2) is 33.3 Å². The van der Waals surface area contributed by atoms with Gasteiger partial charge in [0.05, 0.1) is 0 Å². The van der Waals surface area contributed by atoms with Crippen LogP contribution in [0.3, 0.4) is 0 Å². The molecule has 0 bridgehead atoms. The quantitative estimate of drug-likeness (QED) is 0.614. The van der Waals surface area contributed by atoms with Gasteiger partial charge in [0, 0.05) is 24.5 Å². The fourth-order valence-corrected chi connectivity index (χ4v) is 3.80. The van der Waals surface area contributed by atoms with Crippen molar-refractivity contribution in [2.75, 3.05) is 6.54 Å². The Balaban J connectivity index is 1.59. The summed E-state index contributed by atoms with van der Waals surface area (Å²) in [5.41, 5.74) is 0. The summed E-state index contributed by atoms with van der Waals surface area (Å²) in [5.74, 6) is 2.70. The molecule has 136 valence electrons. The lowest BCUT2D eigenvalue weighted by molar-refractivity contribution is 0.410. The zero-order valence-electron chi connectivity index (χ0n) is 15.2. The number of aryl methyl sites for hydroxylation is 1. The molecule has 0 atom stereocenters. The molecule has 0 amide bonds. The van der Waals surface area contributed by atoms with E-state index >= 15 is 0 Å². The highest BCUT2D eigenvalue weighted by atomic mass is 32.1. The van der Waals surface area contributed by atoms with E-state index in [1.807, 2.05) is 18.5 Å². The van der Waals surface area contributed by atoms with Crippen molar-refractivity contribution < 1.29 is 0 Å². The van der Waals surface area contributed by atoms with Crippen LogP contribution in [0.15, 0.2) is 22.5 Å². The van der Waals surface area contributed by atoms with Gasteiger partial charge in [-0.1, -0.05) is 25.3 Å². The zero-order valence-corrected chi connectivity index (χ0v) is 16.0. The molecular weight excluding hydrogens is 332 g/mol. The second-order valence-electron chi connectivity index (χ2n) is 6.62. The van der Waals surface area contributed by atoms with Gasteiger partial charge in [-0.25, -0.2) is 4.99 Å². The molecule has 1 saturated carbocycles. The average Bonchev–Trinajstić information content (AvgIpc) is 3.25. The van der Waals surface area contributed by atoms with Gasteiger partial charge in [0.2, 0.25) is 0 Å². The standard InChI is InChI=1S/C18H28N6S/c1-14-22-23-17(24(14)2)13-20-18(21-15-7-4-3-5-8-15)19-11-10-16-9-6-12-25-16/h6,9,12,15H,3-5,7-8,10-11,13H2,1-2H3,(H2,19,20,21). The maximum absolute atomic E-state index is 4.76. The van der Waals surface area contributed by atoms with Crippen LogP contribution in [0.5, 0.6) is 0 Å². The maximum atomic E-state index is 4.76. The minimum atomic E-state index is 0.531. The molecule has 3 rings (SSSR count). The number of hydrogen-bond acceptors (Lipinski definition) is 4. The van der Waals surface area contributed by atoms with Crippen molar-refractivity contribution in [3.05, 3.63) is 34.0 Å². The van der Waals surface area contributed by atoms with Crippen molar-refractivity contribution in [1.29, 1.82) is 0 Å². The molecule has 2 heterocycles. The van der Waals surface area contributed by atoms with Gasteiger partial charge in [0.25, 0.3) is 0 Å². The molecule has 1 aliphatic rings. The second-order valence-corrected chi connectivity index (χ2v) is 7.65. The van der Waals surface area contributed by atoms with E-state index in [9.17, 15) is 0 Å². The molecule has 1 fully saturated rings. The minimum Gasteiger partial charge on any atom is -0.356 e. The van der Waals surface area contributed by atoms with E-state index in [1.165, 1.54) is 37.0 Å². The SMILES string of the molecule is Cc1nnc(CN=C(NCCc2cccs2)NC2CCCCC2)n1C. The number of rotatable bonds is 6. The summed E-state index contributed by atoms with van der Waals surface area (Å²) in [5, 5.41) is 17.6. The van der Waals surface area contributed by atoms with E-state index in [-0.39, 0.29) is 0 Å². The van der Waals surface area contributed by atoms with E-state index in [2.05, 4.69) is 38.3 Å². The Kier molecular flexibility index (Phi) is 6.44. The summed E-state index contributed by atoms with van der Waals surface area (Å²) in [4.78, 5) is 6.15. The first-order chi connectivity index (χ1) is 12.2. The number of nitrogens with zero attached hydrogens (tertiary/aromatic N) is 4. The Morgan fingerprint density at radius 2 is 2.16 bits per heavy atom. The van der Waals surface area contributed by atoms with Crippen LogP contribution in [0.2, 0.25) is 0 Å². The number of guanidine groups is 1. The maximum Gasteiger partial charge on any atom is 0.191 e. The van der Waals surface area contributed by atoms with Gasteiger partial charge >= 0.3 is 0 Å². The summed E-state index contributed by atoms with van der Waals surface area (Å²) in [6, 6.07) is 4.81. The monoisotopic (exact) mass is 360 g/mol. The number of aliphatic imine (C=N–C) groups is 1. The number of nitrogens with one attached hydrogen (secondary N) is 2. The van der Waals surface area contributed by atoms with Gasteiger partial charge in [-0.2, -0.15) is 0 Å². The topological polar surface area (TPSA) is 67.1 Å². The predicted molar refractivity (Wildman–Crippen MR) is 103 cm³/mol. The Morgan fingerprint density at radius 1 is 1.32 bits per heavy atom. The van der Waals surface area contributed by atoms with Crippen molar-refractivity contribution in [3.63, 3.8) is 0 Å². The average molecular weight is 361 g/mol. The molecule has 0 saturated heterocycles. The number of aromatic nitrogens is 3. The molecule has 0 aromatic carbocycles. The Hall–Kier alpha value is -1.89. The van der Waals surface area contributed by atoms with Gasteiger partial charge in [-0.15, -0.1) is 21.5 Å². The molecule has 2 aromatic rings. The van der Waals surface area contributed by atoms with E-state index in [1.54, 1.807) is 11.3 Å². The first kappa shape index (κ1) is 17.9. The summed E-state index contributed by atoms with van der Waals surface area (Å²) in [7, 11) is 1.98. The Bertz CT molecular complexity index is 670. The molecule has 0 unspecified atom stereocenters. The highest BCUT2D eigenvalue weighted by Gasteiger charge is 2.15. The van der Waals surface area contributed by atoms with E-state index in [0.717, 1.165) is 30.6 Å². The highest BCUT2D eigenvalue weighted by Crippen LogP contribution is 2.17. The fraction of sp³-hybridized carbons (Fsp3) is 0.611. The van der Waals surface area contributed by atoms with Crippen LogP contribution in [0.25, 0.3) is 0 Å². The van der Waals surface area contributed by atoms with Crippen LogP contribution in [-0.2, 0) is 20.0 Å². The van der Waals surface area contributed by atoms with Crippen LogP contribution in [0.4, 0.5) is 0 Å². The van der Waals surface area contributed by atoms with E-state index < -0.39 is 0 Å².